The highest BCUT2D eigenvalue weighted by Gasteiger charge is 2.62. The summed E-state index contributed by atoms with van der Waals surface area (Å²) >= 11 is 0. The van der Waals surface area contributed by atoms with Gasteiger partial charge in [-0.05, 0) is 56.4 Å². The molecule has 0 bridgehead atoms. The number of Topliss-reactive ketones (excluding diaryl/α,β-unsaturated/α-hetero) is 1. The number of ketones is 1. The Labute approximate surface area is 298 Å². The fraction of sp³-hybridized carbons (Fsp3) is 0.806. The van der Waals surface area contributed by atoms with Gasteiger partial charge in [0.05, 0.1) is 28.7 Å². The summed E-state index contributed by atoms with van der Waals surface area (Å²) in [5.74, 6) is -2.97. The molecule has 284 valence electrons. The number of carbonyl (C=O) groups is 5. The maximum Gasteiger partial charge on any atom is 0.315 e. The molecule has 2 unspecified atom stereocenters. The highest BCUT2D eigenvalue weighted by Crippen LogP contribution is 2.63. The minimum atomic E-state index is -3.57. The van der Waals surface area contributed by atoms with Crippen LogP contribution in [0.4, 0.5) is 4.79 Å². The number of carbonyl (C=O) groups excluding carboxylic acids is 5. The topological polar surface area (TPSA) is 180 Å². The predicted molar refractivity (Wildman–Crippen MR) is 192 cm³/mol. The van der Waals surface area contributed by atoms with E-state index in [2.05, 4.69) is 21.3 Å². The zero-order valence-corrected chi connectivity index (χ0v) is 32.7. The summed E-state index contributed by atoms with van der Waals surface area (Å²) in [4.78, 5) is 69.4. The molecule has 1 aliphatic heterocycles. The molecule has 0 radical (unpaired) electrons. The number of nitrogens with one attached hydrogen (secondary N) is 4. The second kappa shape index (κ2) is 15.7. The lowest BCUT2D eigenvalue weighted by molar-refractivity contribution is -0.140. The van der Waals surface area contributed by atoms with Gasteiger partial charge in [-0.3, -0.25) is 19.2 Å². The monoisotopic (exact) mass is 723 g/mol. The van der Waals surface area contributed by atoms with Gasteiger partial charge in [0, 0.05) is 26.1 Å². The van der Waals surface area contributed by atoms with Gasteiger partial charge in [0.2, 0.25) is 11.7 Å². The molecule has 14 heteroatoms. The van der Waals surface area contributed by atoms with Gasteiger partial charge in [0.15, 0.2) is 9.84 Å². The average molecular weight is 724 g/mol. The summed E-state index contributed by atoms with van der Waals surface area (Å²) in [5.41, 5.74) is -1.16. The number of amides is 5. The van der Waals surface area contributed by atoms with E-state index in [-0.39, 0.29) is 48.9 Å². The Morgan fingerprint density at radius 3 is 2.14 bits per heavy atom. The lowest BCUT2D eigenvalue weighted by Gasteiger charge is -2.41. The molecule has 2 aliphatic carbocycles. The first kappa shape index (κ1) is 41.4. The minimum Gasteiger partial charge on any atom is -0.383 e. The normalized spacial score (nSPS) is 21.1. The van der Waals surface area contributed by atoms with Gasteiger partial charge in [-0.2, -0.15) is 0 Å². The molecular weight excluding hydrogens is 662 g/mol. The third-order valence-electron chi connectivity index (χ3n) is 10.5. The standard InChI is InChI=1S/C36H61N5O8S/c1-11-12-16-24(27(42)30(44)37-19-20-49-10)38-29(43)26-25-23(35(25,8)9)21-41(26)31(45)28(33(2,3)4)39-32(46)40-36(17-14-13-15-18-36)22-50(47,48)34(5,6)7/h23-24,28H,11-22H2,1-10H3,(H,37,44)(H,38,43)(H2,39,40,46)/t23?,24?,28-/m1/s1. The maximum absolute atomic E-state index is 14.4. The number of ether oxygens (including phenoxy) is 1. The number of nitrogens with zero attached hydrogens (tertiary/aromatic N) is 1. The molecule has 5 amide bonds. The van der Waals surface area contributed by atoms with Crippen molar-refractivity contribution in [3.63, 3.8) is 0 Å². The first-order valence-corrected chi connectivity index (χ1v) is 19.7. The molecule has 0 aromatic heterocycles. The van der Waals surface area contributed by atoms with Gasteiger partial charge >= 0.3 is 6.03 Å². The summed E-state index contributed by atoms with van der Waals surface area (Å²) in [6.45, 7) is 16.9. The lowest BCUT2D eigenvalue weighted by atomic mass is 9.83. The van der Waals surface area contributed by atoms with Crippen LogP contribution in [-0.2, 0) is 33.8 Å². The van der Waals surface area contributed by atoms with Gasteiger partial charge in [-0.1, -0.05) is 73.6 Å². The predicted octanol–water partition coefficient (Wildman–Crippen LogP) is 3.38. The van der Waals surface area contributed by atoms with E-state index in [1.165, 1.54) is 12.0 Å². The number of hydrogen-bond acceptors (Lipinski definition) is 8. The van der Waals surface area contributed by atoms with Crippen LogP contribution in [0.3, 0.4) is 0 Å². The Balaban J connectivity index is 1.87. The molecule has 1 heterocycles. The van der Waals surface area contributed by atoms with Crippen molar-refractivity contribution < 1.29 is 37.1 Å². The smallest absolute Gasteiger partial charge is 0.315 e. The number of methoxy groups -OCH3 is 1. The zero-order chi connectivity index (χ0) is 37.9. The largest absolute Gasteiger partial charge is 0.383 e. The van der Waals surface area contributed by atoms with Crippen molar-refractivity contribution in [3.05, 3.63) is 11.3 Å². The van der Waals surface area contributed by atoms with E-state index in [9.17, 15) is 32.4 Å². The number of sulfone groups is 1. The molecule has 4 N–H and O–H groups in total. The van der Waals surface area contributed by atoms with E-state index in [1.54, 1.807) is 20.8 Å². The Kier molecular flexibility index (Phi) is 13.0. The molecule has 0 aromatic carbocycles. The van der Waals surface area contributed by atoms with E-state index in [0.717, 1.165) is 31.3 Å². The summed E-state index contributed by atoms with van der Waals surface area (Å²) in [6, 6.07) is -2.80. The van der Waals surface area contributed by atoms with Crippen LogP contribution >= 0.6 is 0 Å². The van der Waals surface area contributed by atoms with E-state index >= 15 is 0 Å². The first-order chi connectivity index (χ1) is 23.0. The Morgan fingerprint density at radius 2 is 1.60 bits per heavy atom. The van der Waals surface area contributed by atoms with Crippen LogP contribution in [-0.4, -0.2) is 97.8 Å². The van der Waals surface area contributed by atoms with Crippen molar-refractivity contribution >= 4 is 39.4 Å². The Bertz CT molecular complexity index is 1450. The molecule has 0 spiro atoms. The molecule has 3 atom stereocenters. The number of unbranched alkanes of at least 4 members (excludes halogenated alkanes) is 1. The molecule has 3 rings (SSSR count). The highest BCUT2D eigenvalue weighted by molar-refractivity contribution is 7.92. The second-order valence-corrected chi connectivity index (χ2v) is 19.6. The van der Waals surface area contributed by atoms with Crippen molar-refractivity contribution in [1.29, 1.82) is 0 Å². The number of urea groups is 1. The molecule has 0 saturated heterocycles. The molecule has 3 aliphatic rings. The van der Waals surface area contributed by atoms with Crippen LogP contribution in [0.15, 0.2) is 11.3 Å². The summed E-state index contributed by atoms with van der Waals surface area (Å²) < 4.78 is 30.6. The SMILES string of the molecule is CCCCC(NC(=O)C1=C2C(CN1C(=O)[C@@H](NC(=O)NC1(CS(=O)(=O)C(C)(C)C)CCCCC1)C(C)(C)C)C2(C)C)C(=O)C(=O)NCCOC. The Hall–Kier alpha value is -3.00. The van der Waals surface area contributed by atoms with Crippen molar-refractivity contribution in [2.75, 3.05) is 32.6 Å². The quantitative estimate of drug-likeness (QED) is 0.147. The molecule has 13 nitrogen and oxygen atoms in total. The zero-order valence-electron chi connectivity index (χ0n) is 31.8. The summed E-state index contributed by atoms with van der Waals surface area (Å²) in [7, 11) is -2.09. The molecular formula is C36H61N5O8S. The third-order valence-corrected chi connectivity index (χ3v) is 13.3. The van der Waals surface area contributed by atoms with Crippen LogP contribution in [0.2, 0.25) is 0 Å². The number of rotatable bonds is 15. The summed E-state index contributed by atoms with van der Waals surface area (Å²) in [6.07, 6.45) is 5.08. The van der Waals surface area contributed by atoms with Crippen molar-refractivity contribution in [3.8, 4) is 0 Å². The number of fused-ring (bicyclic) bond motifs is 1. The van der Waals surface area contributed by atoms with Crippen LogP contribution in [0, 0.1) is 16.7 Å². The summed E-state index contributed by atoms with van der Waals surface area (Å²) in [5, 5.41) is 11.1. The van der Waals surface area contributed by atoms with Crippen LogP contribution < -0.4 is 21.3 Å². The van der Waals surface area contributed by atoms with Gasteiger partial charge in [-0.15, -0.1) is 0 Å². The van der Waals surface area contributed by atoms with E-state index in [1.807, 2.05) is 41.5 Å². The minimum absolute atomic E-state index is 0.0723. The van der Waals surface area contributed by atoms with E-state index in [4.69, 9.17) is 4.74 Å². The number of hydrogen-bond donors (Lipinski definition) is 4. The van der Waals surface area contributed by atoms with Crippen molar-refractivity contribution in [1.82, 2.24) is 26.2 Å². The van der Waals surface area contributed by atoms with E-state index < -0.39 is 67.2 Å². The fourth-order valence-electron chi connectivity index (χ4n) is 7.04. The highest BCUT2D eigenvalue weighted by atomic mass is 32.2. The van der Waals surface area contributed by atoms with E-state index in [0.29, 0.717) is 19.3 Å². The van der Waals surface area contributed by atoms with Crippen molar-refractivity contribution in [2.24, 2.45) is 16.7 Å². The van der Waals surface area contributed by atoms with Crippen LogP contribution in [0.25, 0.3) is 0 Å². The van der Waals surface area contributed by atoms with Gasteiger partial charge in [0.25, 0.3) is 11.8 Å². The van der Waals surface area contributed by atoms with Gasteiger partial charge in [0.1, 0.15) is 11.7 Å². The lowest BCUT2D eigenvalue weighted by Crippen LogP contribution is -2.62. The molecule has 50 heavy (non-hydrogen) atoms. The molecule has 2 saturated carbocycles. The van der Waals surface area contributed by atoms with Crippen LogP contribution in [0.5, 0.6) is 0 Å². The van der Waals surface area contributed by atoms with Gasteiger partial charge < -0.3 is 30.9 Å². The third kappa shape index (κ3) is 9.45. The maximum atomic E-state index is 14.4. The molecule has 0 aromatic rings. The second-order valence-electron chi connectivity index (χ2n) is 16.9. The average Bonchev–Trinajstić information content (AvgIpc) is 3.31. The fourth-order valence-corrected chi connectivity index (χ4v) is 8.56. The van der Waals surface area contributed by atoms with Crippen LogP contribution in [0.1, 0.15) is 114 Å². The van der Waals surface area contributed by atoms with Gasteiger partial charge in [-0.25, -0.2) is 13.2 Å². The van der Waals surface area contributed by atoms with Crippen molar-refractivity contribution in [2.45, 2.75) is 136 Å². The Morgan fingerprint density at radius 1 is 0.980 bits per heavy atom. The molecule has 2 fully saturated rings. The first-order valence-electron chi connectivity index (χ1n) is 18.0.